The van der Waals surface area contributed by atoms with E-state index in [9.17, 15) is 9.59 Å². The number of carbonyl (C=O) groups is 2. The molecule has 1 atom stereocenters. The van der Waals surface area contributed by atoms with Gasteiger partial charge in [-0.2, -0.15) is 0 Å². The maximum absolute atomic E-state index is 12.8. The van der Waals surface area contributed by atoms with E-state index in [1.807, 2.05) is 6.92 Å². The van der Waals surface area contributed by atoms with Gasteiger partial charge in [0.1, 0.15) is 5.54 Å². The molecule has 1 aliphatic carbocycles. The molecule has 1 aliphatic heterocycles. The highest BCUT2D eigenvalue weighted by atomic mass is 32.1. The van der Waals surface area contributed by atoms with Crippen molar-refractivity contribution in [3.05, 3.63) is 21.9 Å². The number of nitrogens with zero attached hydrogens (tertiary/aromatic N) is 1. The van der Waals surface area contributed by atoms with Crippen LogP contribution < -0.4 is 5.32 Å². The molecule has 21 heavy (non-hydrogen) atoms. The summed E-state index contributed by atoms with van der Waals surface area (Å²) in [4.78, 5) is 29.2. The number of carbonyl (C=O) groups excluding carboxylic acids is 2. The van der Waals surface area contributed by atoms with Gasteiger partial charge in [-0.05, 0) is 38.8 Å². The Balaban J connectivity index is 1.76. The molecule has 2 amide bonds. The van der Waals surface area contributed by atoms with Crippen LogP contribution >= 0.6 is 11.3 Å². The van der Waals surface area contributed by atoms with Crippen molar-refractivity contribution in [3.8, 4) is 0 Å². The van der Waals surface area contributed by atoms with Crippen molar-refractivity contribution in [3.63, 3.8) is 0 Å². The molecule has 4 nitrogen and oxygen atoms in total. The van der Waals surface area contributed by atoms with Crippen LogP contribution in [0.1, 0.15) is 42.4 Å². The fourth-order valence-electron chi connectivity index (χ4n) is 3.53. The fraction of sp³-hybridized carbons (Fsp3) is 0.625. The minimum Gasteiger partial charge on any atom is -0.340 e. The molecule has 5 heteroatoms. The first-order valence-corrected chi connectivity index (χ1v) is 8.49. The van der Waals surface area contributed by atoms with E-state index >= 15 is 0 Å². The van der Waals surface area contributed by atoms with Crippen LogP contribution in [0.15, 0.2) is 12.1 Å². The van der Waals surface area contributed by atoms with Crippen LogP contribution in [-0.2, 0) is 16.0 Å². The highest BCUT2D eigenvalue weighted by molar-refractivity contribution is 7.11. The molecule has 1 unspecified atom stereocenters. The number of thiophene rings is 1. The van der Waals surface area contributed by atoms with Gasteiger partial charge >= 0.3 is 0 Å². The van der Waals surface area contributed by atoms with Gasteiger partial charge < -0.3 is 10.2 Å². The van der Waals surface area contributed by atoms with Crippen LogP contribution in [0.4, 0.5) is 0 Å². The van der Waals surface area contributed by atoms with Crippen LogP contribution in [-0.4, -0.2) is 34.8 Å². The van der Waals surface area contributed by atoms with Crippen molar-refractivity contribution in [1.29, 1.82) is 0 Å². The molecule has 1 aromatic rings. The van der Waals surface area contributed by atoms with E-state index in [0.717, 1.165) is 32.1 Å². The lowest BCUT2D eigenvalue weighted by atomic mass is 9.92. The molecule has 2 heterocycles. The Labute approximate surface area is 129 Å². The average molecular weight is 306 g/mol. The SMILES string of the molecule is Cc1ccc(CC(C)N2CC(=O)NC3(CCCC3)C2=O)s1. The second-order valence-electron chi connectivity index (χ2n) is 6.34. The van der Waals surface area contributed by atoms with E-state index in [1.165, 1.54) is 9.75 Å². The van der Waals surface area contributed by atoms with Gasteiger partial charge in [-0.25, -0.2) is 0 Å². The molecule has 1 aromatic heterocycles. The lowest BCUT2D eigenvalue weighted by Crippen LogP contribution is -2.67. The van der Waals surface area contributed by atoms with Crippen molar-refractivity contribution in [1.82, 2.24) is 10.2 Å². The molecule has 2 aliphatic rings. The molecule has 0 bridgehead atoms. The number of hydrogen-bond acceptors (Lipinski definition) is 3. The minimum atomic E-state index is -0.602. The smallest absolute Gasteiger partial charge is 0.249 e. The van der Waals surface area contributed by atoms with Gasteiger partial charge in [0, 0.05) is 22.2 Å². The Morgan fingerprint density at radius 3 is 2.67 bits per heavy atom. The second-order valence-corrected chi connectivity index (χ2v) is 7.71. The Bertz CT molecular complexity index is 560. The molecule has 1 N–H and O–H groups in total. The van der Waals surface area contributed by atoms with Crippen LogP contribution in [0.2, 0.25) is 0 Å². The average Bonchev–Trinajstić information content (AvgIpc) is 3.04. The highest BCUT2D eigenvalue weighted by Crippen LogP contribution is 2.34. The zero-order chi connectivity index (χ0) is 15.0. The van der Waals surface area contributed by atoms with Crippen LogP contribution in [0.3, 0.4) is 0 Å². The van der Waals surface area contributed by atoms with Gasteiger partial charge in [0.05, 0.1) is 6.54 Å². The van der Waals surface area contributed by atoms with Crippen molar-refractivity contribution in [2.24, 2.45) is 0 Å². The number of piperazine rings is 1. The molecule has 1 saturated carbocycles. The first-order chi connectivity index (χ1) is 10.00. The standard InChI is InChI=1S/C16H22N2O2S/c1-11(9-13-6-5-12(2)21-13)18-10-14(19)17-16(15(18)20)7-3-4-8-16/h5-6,11H,3-4,7-10H2,1-2H3,(H,17,19). The predicted octanol–water partition coefficient (Wildman–Crippen LogP) is 2.26. The summed E-state index contributed by atoms with van der Waals surface area (Å²) < 4.78 is 0. The Kier molecular flexibility index (Phi) is 3.78. The van der Waals surface area contributed by atoms with E-state index in [4.69, 9.17) is 0 Å². The van der Waals surface area contributed by atoms with Gasteiger partial charge in [-0.1, -0.05) is 12.8 Å². The molecule has 0 radical (unpaired) electrons. The van der Waals surface area contributed by atoms with Gasteiger partial charge in [0.15, 0.2) is 0 Å². The summed E-state index contributed by atoms with van der Waals surface area (Å²) in [5, 5.41) is 2.97. The quantitative estimate of drug-likeness (QED) is 0.931. The molecule has 3 rings (SSSR count). The van der Waals surface area contributed by atoms with E-state index in [1.54, 1.807) is 16.2 Å². The number of amides is 2. The molecule has 114 valence electrons. The van der Waals surface area contributed by atoms with Gasteiger partial charge in [0.2, 0.25) is 11.8 Å². The van der Waals surface area contributed by atoms with Crippen molar-refractivity contribution in [2.45, 2.75) is 57.5 Å². The molecule has 1 saturated heterocycles. The van der Waals surface area contributed by atoms with Crippen molar-refractivity contribution < 1.29 is 9.59 Å². The molecular weight excluding hydrogens is 284 g/mol. The monoisotopic (exact) mass is 306 g/mol. The lowest BCUT2D eigenvalue weighted by Gasteiger charge is -2.42. The van der Waals surface area contributed by atoms with Gasteiger partial charge in [-0.15, -0.1) is 11.3 Å². The third-order valence-electron chi connectivity index (χ3n) is 4.64. The summed E-state index contributed by atoms with van der Waals surface area (Å²) in [7, 11) is 0. The zero-order valence-corrected chi connectivity index (χ0v) is 13.5. The summed E-state index contributed by atoms with van der Waals surface area (Å²) in [6.45, 7) is 4.34. The molecule has 0 aromatic carbocycles. The van der Waals surface area contributed by atoms with E-state index in [0.29, 0.717) is 0 Å². The minimum absolute atomic E-state index is 0.00860. The zero-order valence-electron chi connectivity index (χ0n) is 12.6. The third-order valence-corrected chi connectivity index (χ3v) is 5.67. The van der Waals surface area contributed by atoms with Gasteiger partial charge in [0.25, 0.3) is 0 Å². The van der Waals surface area contributed by atoms with Gasteiger partial charge in [-0.3, -0.25) is 9.59 Å². The van der Waals surface area contributed by atoms with E-state index in [-0.39, 0.29) is 24.4 Å². The number of aryl methyl sites for hydroxylation is 1. The number of nitrogens with one attached hydrogen (secondary N) is 1. The normalized spacial score (nSPS) is 22.7. The third kappa shape index (κ3) is 2.71. The maximum atomic E-state index is 12.8. The summed E-state index contributed by atoms with van der Waals surface area (Å²) in [6.07, 6.45) is 4.46. The van der Waals surface area contributed by atoms with Crippen molar-refractivity contribution in [2.75, 3.05) is 6.54 Å². The molecule has 1 spiro atoms. The van der Waals surface area contributed by atoms with Crippen LogP contribution in [0, 0.1) is 6.92 Å². The Morgan fingerprint density at radius 2 is 2.05 bits per heavy atom. The van der Waals surface area contributed by atoms with Crippen molar-refractivity contribution >= 4 is 23.2 Å². The summed E-state index contributed by atoms with van der Waals surface area (Å²) >= 11 is 1.77. The number of hydrogen-bond donors (Lipinski definition) is 1. The van der Waals surface area contributed by atoms with E-state index < -0.39 is 5.54 Å². The van der Waals surface area contributed by atoms with E-state index in [2.05, 4.69) is 24.4 Å². The topological polar surface area (TPSA) is 49.4 Å². The highest BCUT2D eigenvalue weighted by Gasteiger charge is 2.49. The summed E-state index contributed by atoms with van der Waals surface area (Å²) in [6, 6.07) is 4.30. The summed E-state index contributed by atoms with van der Waals surface area (Å²) in [5.41, 5.74) is -0.602. The summed E-state index contributed by atoms with van der Waals surface area (Å²) in [5.74, 6) is 0.117. The second kappa shape index (κ2) is 5.44. The molecule has 2 fully saturated rings. The largest absolute Gasteiger partial charge is 0.340 e. The maximum Gasteiger partial charge on any atom is 0.249 e. The number of rotatable bonds is 3. The fourth-order valence-corrected chi connectivity index (χ4v) is 4.54. The Morgan fingerprint density at radius 1 is 1.33 bits per heavy atom. The predicted molar refractivity (Wildman–Crippen MR) is 83.3 cm³/mol. The van der Waals surface area contributed by atoms with Crippen LogP contribution in [0.25, 0.3) is 0 Å². The lowest BCUT2D eigenvalue weighted by molar-refractivity contribution is -0.151. The first-order valence-electron chi connectivity index (χ1n) is 7.68. The first kappa shape index (κ1) is 14.6. The van der Waals surface area contributed by atoms with Crippen LogP contribution in [0.5, 0.6) is 0 Å². The molecular formula is C16H22N2O2S. The Hall–Kier alpha value is -1.36.